The van der Waals surface area contributed by atoms with Crippen molar-refractivity contribution in [1.82, 2.24) is 0 Å². The Balaban J connectivity index is 2.13. The van der Waals surface area contributed by atoms with Gasteiger partial charge in [0.05, 0.1) is 12.2 Å². The first kappa shape index (κ1) is 21.5. The molecule has 0 saturated carbocycles. The monoisotopic (exact) mass is 348 g/mol. The van der Waals surface area contributed by atoms with Gasteiger partial charge in [0.2, 0.25) is 0 Å². The van der Waals surface area contributed by atoms with E-state index in [1.54, 1.807) is 24.3 Å². The molecule has 0 aliphatic rings. The van der Waals surface area contributed by atoms with E-state index in [2.05, 4.69) is 27.7 Å². The summed E-state index contributed by atoms with van der Waals surface area (Å²) in [6, 6.07) is 6.64. The van der Waals surface area contributed by atoms with Crippen LogP contribution in [0.5, 0.6) is 5.75 Å². The summed E-state index contributed by atoms with van der Waals surface area (Å²) in [6.45, 7) is 9.91. The molecule has 142 valence electrons. The number of ether oxygens (including phenoxy) is 1. The highest BCUT2D eigenvalue weighted by Gasteiger charge is 2.08. The first-order valence-corrected chi connectivity index (χ1v) is 9.88. The van der Waals surface area contributed by atoms with Gasteiger partial charge in [-0.05, 0) is 48.4 Å². The van der Waals surface area contributed by atoms with Crippen LogP contribution >= 0.6 is 0 Å². The summed E-state index contributed by atoms with van der Waals surface area (Å²) < 4.78 is 5.77. The molecule has 3 heteroatoms. The van der Waals surface area contributed by atoms with Crippen molar-refractivity contribution in [1.29, 1.82) is 0 Å². The van der Waals surface area contributed by atoms with Crippen LogP contribution in [0.2, 0.25) is 0 Å². The predicted octanol–water partition coefficient (Wildman–Crippen LogP) is 6.42. The first-order chi connectivity index (χ1) is 11.9. The Morgan fingerprint density at radius 1 is 0.920 bits per heavy atom. The third-order valence-corrected chi connectivity index (χ3v) is 5.12. The van der Waals surface area contributed by atoms with Gasteiger partial charge in [-0.15, -0.1) is 0 Å². The minimum absolute atomic E-state index is 0.294. The predicted molar refractivity (Wildman–Crippen MR) is 104 cm³/mol. The lowest BCUT2D eigenvalue weighted by molar-refractivity contribution is 0.0697. The molecule has 3 atom stereocenters. The van der Waals surface area contributed by atoms with Crippen LogP contribution in [-0.2, 0) is 0 Å². The van der Waals surface area contributed by atoms with Gasteiger partial charge in [-0.3, -0.25) is 0 Å². The Morgan fingerprint density at radius 2 is 1.44 bits per heavy atom. The maximum absolute atomic E-state index is 10.8. The standard InChI is InChI=1S/C22H36O3/c1-5-17(2)8-6-9-18(3)10-7-11-19(4)16-25-21-14-12-20(13-15-21)22(23)24/h12-15,17-19H,5-11,16H2,1-4H3,(H,23,24). The topological polar surface area (TPSA) is 46.5 Å². The van der Waals surface area contributed by atoms with Crippen LogP contribution in [0.15, 0.2) is 24.3 Å². The van der Waals surface area contributed by atoms with Gasteiger partial charge in [0.1, 0.15) is 5.75 Å². The third-order valence-electron chi connectivity index (χ3n) is 5.12. The smallest absolute Gasteiger partial charge is 0.335 e. The van der Waals surface area contributed by atoms with Gasteiger partial charge in [-0.25, -0.2) is 4.79 Å². The summed E-state index contributed by atoms with van der Waals surface area (Å²) in [7, 11) is 0. The Bertz CT molecular complexity index is 481. The highest BCUT2D eigenvalue weighted by Crippen LogP contribution is 2.21. The quantitative estimate of drug-likeness (QED) is 0.447. The summed E-state index contributed by atoms with van der Waals surface area (Å²) in [6.07, 6.45) is 9.12. The fourth-order valence-electron chi connectivity index (χ4n) is 2.99. The Hall–Kier alpha value is -1.51. The number of aromatic carboxylic acids is 1. The average molecular weight is 349 g/mol. The Morgan fingerprint density at radius 3 is 1.96 bits per heavy atom. The summed E-state index contributed by atoms with van der Waals surface area (Å²) in [4.78, 5) is 10.8. The van der Waals surface area contributed by atoms with Gasteiger partial charge >= 0.3 is 5.97 Å². The summed E-state index contributed by atoms with van der Waals surface area (Å²) in [5, 5.41) is 8.89. The molecule has 0 aliphatic heterocycles. The van der Waals surface area contributed by atoms with Gasteiger partial charge in [0.15, 0.2) is 0 Å². The van der Waals surface area contributed by atoms with E-state index in [0.717, 1.165) is 17.6 Å². The molecular weight excluding hydrogens is 312 g/mol. The van der Waals surface area contributed by atoms with Gasteiger partial charge in [0.25, 0.3) is 0 Å². The van der Waals surface area contributed by atoms with Crippen molar-refractivity contribution in [3.05, 3.63) is 29.8 Å². The molecule has 0 aliphatic carbocycles. The molecule has 3 nitrogen and oxygen atoms in total. The van der Waals surface area contributed by atoms with Crippen LogP contribution in [0.25, 0.3) is 0 Å². The zero-order valence-electron chi connectivity index (χ0n) is 16.5. The zero-order chi connectivity index (χ0) is 18.7. The zero-order valence-corrected chi connectivity index (χ0v) is 16.5. The second-order valence-corrected chi connectivity index (χ2v) is 7.73. The first-order valence-electron chi connectivity index (χ1n) is 9.88. The number of carboxylic acid groups (broad SMARTS) is 1. The van der Waals surface area contributed by atoms with Crippen LogP contribution in [0.4, 0.5) is 0 Å². The van der Waals surface area contributed by atoms with Gasteiger partial charge in [-0.2, -0.15) is 0 Å². The van der Waals surface area contributed by atoms with Crippen LogP contribution in [0, 0.1) is 17.8 Å². The van der Waals surface area contributed by atoms with Gasteiger partial charge in [-0.1, -0.05) is 66.2 Å². The van der Waals surface area contributed by atoms with E-state index in [1.165, 1.54) is 44.9 Å². The Kier molecular flexibility index (Phi) is 10.3. The van der Waals surface area contributed by atoms with E-state index in [0.29, 0.717) is 18.1 Å². The molecule has 1 rings (SSSR count). The fraction of sp³-hybridized carbons (Fsp3) is 0.682. The minimum atomic E-state index is -0.904. The van der Waals surface area contributed by atoms with Crippen molar-refractivity contribution in [3.8, 4) is 5.75 Å². The molecule has 0 spiro atoms. The van der Waals surface area contributed by atoms with Crippen LogP contribution in [0.1, 0.15) is 83.0 Å². The molecule has 0 saturated heterocycles. The van der Waals surface area contributed by atoms with Crippen molar-refractivity contribution in [2.75, 3.05) is 6.61 Å². The molecule has 1 aromatic rings. The van der Waals surface area contributed by atoms with Crippen LogP contribution in [-0.4, -0.2) is 17.7 Å². The number of rotatable bonds is 13. The number of carbonyl (C=O) groups is 1. The summed E-state index contributed by atoms with van der Waals surface area (Å²) in [5.74, 6) is 2.05. The van der Waals surface area contributed by atoms with Crippen molar-refractivity contribution in [3.63, 3.8) is 0 Å². The van der Waals surface area contributed by atoms with Crippen molar-refractivity contribution in [2.45, 2.75) is 72.6 Å². The molecule has 0 heterocycles. The van der Waals surface area contributed by atoms with E-state index >= 15 is 0 Å². The SMILES string of the molecule is CCC(C)CCCC(C)CCCC(C)COc1ccc(C(=O)O)cc1. The van der Waals surface area contributed by atoms with E-state index < -0.39 is 5.97 Å². The molecule has 25 heavy (non-hydrogen) atoms. The van der Waals surface area contributed by atoms with Crippen LogP contribution < -0.4 is 4.74 Å². The highest BCUT2D eigenvalue weighted by atomic mass is 16.5. The molecular formula is C22H36O3. The lowest BCUT2D eigenvalue weighted by Gasteiger charge is -2.16. The molecule has 1 N–H and O–H groups in total. The molecule has 1 aromatic carbocycles. The molecule has 0 radical (unpaired) electrons. The largest absolute Gasteiger partial charge is 0.493 e. The number of benzene rings is 1. The lowest BCUT2D eigenvalue weighted by Crippen LogP contribution is -2.09. The Labute approximate surface area is 153 Å². The number of hydrogen-bond donors (Lipinski definition) is 1. The maximum Gasteiger partial charge on any atom is 0.335 e. The van der Waals surface area contributed by atoms with Crippen molar-refractivity contribution < 1.29 is 14.6 Å². The van der Waals surface area contributed by atoms with Gasteiger partial charge < -0.3 is 9.84 Å². The van der Waals surface area contributed by atoms with Crippen molar-refractivity contribution in [2.24, 2.45) is 17.8 Å². The summed E-state index contributed by atoms with van der Waals surface area (Å²) in [5.41, 5.74) is 0.294. The fourth-order valence-corrected chi connectivity index (χ4v) is 2.99. The third kappa shape index (κ3) is 9.52. The lowest BCUT2D eigenvalue weighted by atomic mass is 9.93. The maximum atomic E-state index is 10.8. The summed E-state index contributed by atoms with van der Waals surface area (Å²) >= 11 is 0. The second kappa shape index (κ2) is 11.9. The van der Waals surface area contributed by atoms with Gasteiger partial charge in [0, 0.05) is 0 Å². The second-order valence-electron chi connectivity index (χ2n) is 7.73. The highest BCUT2D eigenvalue weighted by molar-refractivity contribution is 5.87. The molecule has 0 amide bonds. The van der Waals surface area contributed by atoms with Crippen molar-refractivity contribution >= 4 is 5.97 Å². The van der Waals surface area contributed by atoms with Crippen LogP contribution in [0.3, 0.4) is 0 Å². The normalized spacial score (nSPS) is 14.7. The molecule has 3 unspecified atom stereocenters. The number of hydrogen-bond acceptors (Lipinski definition) is 2. The van der Waals surface area contributed by atoms with E-state index in [1.807, 2.05) is 0 Å². The van der Waals surface area contributed by atoms with E-state index in [4.69, 9.17) is 9.84 Å². The molecule has 0 fully saturated rings. The van der Waals surface area contributed by atoms with E-state index in [-0.39, 0.29) is 0 Å². The molecule has 0 bridgehead atoms. The average Bonchev–Trinajstić information content (AvgIpc) is 2.60. The van der Waals surface area contributed by atoms with E-state index in [9.17, 15) is 4.79 Å². The molecule has 0 aromatic heterocycles. The number of carboxylic acids is 1. The minimum Gasteiger partial charge on any atom is -0.493 e.